The van der Waals surface area contributed by atoms with Gasteiger partial charge in [0, 0.05) is 5.92 Å². The van der Waals surface area contributed by atoms with Gasteiger partial charge in [-0.2, -0.15) is 13.2 Å². The molecule has 102 valence electrons. The first kappa shape index (κ1) is 13.9. The topological polar surface area (TPSA) is 9.23 Å². The third-order valence-corrected chi connectivity index (χ3v) is 3.06. The molecule has 0 aromatic heterocycles. The standard InChI is InChI=1S/C15H15F3O/c1-2-3-12-9-19-10-13(12)8-11-4-6-14(7-5-11)15(16,17)18/h2-8,12H,9-10H2,1H3/b3-2+,13-8-/t12-/m0/s1. The molecule has 1 saturated heterocycles. The molecule has 1 aromatic carbocycles. The summed E-state index contributed by atoms with van der Waals surface area (Å²) in [4.78, 5) is 0. The fourth-order valence-corrected chi connectivity index (χ4v) is 2.06. The molecule has 0 amide bonds. The van der Waals surface area contributed by atoms with Gasteiger partial charge in [-0.25, -0.2) is 0 Å². The van der Waals surface area contributed by atoms with Crippen LogP contribution in [-0.2, 0) is 10.9 Å². The van der Waals surface area contributed by atoms with E-state index in [9.17, 15) is 13.2 Å². The quantitative estimate of drug-likeness (QED) is 0.726. The van der Waals surface area contributed by atoms with E-state index >= 15 is 0 Å². The van der Waals surface area contributed by atoms with Gasteiger partial charge < -0.3 is 4.74 Å². The summed E-state index contributed by atoms with van der Waals surface area (Å²) in [6.45, 7) is 3.11. The molecular weight excluding hydrogens is 253 g/mol. The van der Waals surface area contributed by atoms with Crippen LogP contribution in [0, 0.1) is 5.92 Å². The molecule has 2 rings (SSSR count). The third-order valence-electron chi connectivity index (χ3n) is 3.06. The Labute approximate surface area is 110 Å². The highest BCUT2D eigenvalue weighted by Crippen LogP contribution is 2.30. The summed E-state index contributed by atoms with van der Waals surface area (Å²) in [6, 6.07) is 5.18. The van der Waals surface area contributed by atoms with Gasteiger partial charge in [-0.3, -0.25) is 0 Å². The molecule has 19 heavy (non-hydrogen) atoms. The molecule has 4 heteroatoms. The molecule has 0 spiro atoms. The SMILES string of the molecule is C/C=C/[C@H]1COC/C1=C/c1ccc(C(F)(F)F)cc1. The second kappa shape index (κ2) is 5.61. The smallest absolute Gasteiger partial charge is 0.376 e. The number of allylic oxidation sites excluding steroid dienone is 1. The Morgan fingerprint density at radius 1 is 1.21 bits per heavy atom. The van der Waals surface area contributed by atoms with E-state index in [0.29, 0.717) is 13.2 Å². The van der Waals surface area contributed by atoms with Crippen LogP contribution in [0.2, 0.25) is 0 Å². The predicted octanol–water partition coefficient (Wildman–Crippen LogP) is 4.31. The van der Waals surface area contributed by atoms with E-state index in [1.807, 2.05) is 25.2 Å². The summed E-state index contributed by atoms with van der Waals surface area (Å²) in [6.07, 6.45) is 1.62. The Balaban J connectivity index is 2.19. The van der Waals surface area contributed by atoms with Crippen molar-refractivity contribution in [2.45, 2.75) is 13.1 Å². The van der Waals surface area contributed by atoms with Crippen LogP contribution >= 0.6 is 0 Å². The van der Waals surface area contributed by atoms with Gasteiger partial charge in [-0.15, -0.1) is 0 Å². The van der Waals surface area contributed by atoms with Crippen molar-refractivity contribution in [2.24, 2.45) is 5.92 Å². The van der Waals surface area contributed by atoms with Gasteiger partial charge in [0.15, 0.2) is 0 Å². The molecular formula is C15H15F3O. The van der Waals surface area contributed by atoms with E-state index in [0.717, 1.165) is 23.3 Å². The number of halogens is 3. The van der Waals surface area contributed by atoms with Gasteiger partial charge >= 0.3 is 6.18 Å². The van der Waals surface area contributed by atoms with Gasteiger partial charge in [0.25, 0.3) is 0 Å². The van der Waals surface area contributed by atoms with Crippen molar-refractivity contribution >= 4 is 6.08 Å². The molecule has 0 bridgehead atoms. The lowest BCUT2D eigenvalue weighted by atomic mass is 9.99. The number of rotatable bonds is 2. The summed E-state index contributed by atoms with van der Waals surface area (Å²) in [5.41, 5.74) is 1.24. The van der Waals surface area contributed by atoms with Crippen molar-refractivity contribution in [1.82, 2.24) is 0 Å². The average Bonchev–Trinajstić information content (AvgIpc) is 2.77. The Kier molecular flexibility index (Phi) is 4.10. The highest BCUT2D eigenvalue weighted by Gasteiger charge is 2.29. The minimum absolute atomic E-state index is 0.229. The van der Waals surface area contributed by atoms with Gasteiger partial charge in [-0.1, -0.05) is 30.4 Å². The highest BCUT2D eigenvalue weighted by molar-refractivity contribution is 5.55. The average molecular weight is 268 g/mol. The summed E-state index contributed by atoms with van der Waals surface area (Å²) in [5, 5.41) is 0. The van der Waals surface area contributed by atoms with Crippen LogP contribution in [0.5, 0.6) is 0 Å². The van der Waals surface area contributed by atoms with Crippen LogP contribution in [0.15, 0.2) is 42.0 Å². The molecule has 1 aliphatic heterocycles. The number of benzene rings is 1. The van der Waals surface area contributed by atoms with E-state index < -0.39 is 11.7 Å². The second-order valence-corrected chi connectivity index (χ2v) is 4.49. The maximum atomic E-state index is 12.4. The predicted molar refractivity (Wildman–Crippen MR) is 68.5 cm³/mol. The van der Waals surface area contributed by atoms with Crippen molar-refractivity contribution in [3.8, 4) is 0 Å². The molecule has 1 heterocycles. The molecule has 1 aliphatic rings. The number of ether oxygens (including phenoxy) is 1. The summed E-state index contributed by atoms with van der Waals surface area (Å²) < 4.78 is 42.7. The Morgan fingerprint density at radius 3 is 2.47 bits per heavy atom. The molecule has 0 radical (unpaired) electrons. The maximum Gasteiger partial charge on any atom is 0.416 e. The lowest BCUT2D eigenvalue weighted by molar-refractivity contribution is -0.137. The third kappa shape index (κ3) is 3.47. The first-order valence-electron chi connectivity index (χ1n) is 6.09. The van der Waals surface area contributed by atoms with Gasteiger partial charge in [0.05, 0.1) is 18.8 Å². The number of hydrogen-bond acceptors (Lipinski definition) is 1. The molecule has 1 nitrogen and oxygen atoms in total. The molecule has 0 N–H and O–H groups in total. The van der Waals surface area contributed by atoms with Crippen molar-refractivity contribution in [3.05, 3.63) is 53.1 Å². The maximum absolute atomic E-state index is 12.4. The molecule has 1 atom stereocenters. The number of alkyl halides is 3. The summed E-state index contributed by atoms with van der Waals surface area (Å²) in [5.74, 6) is 0.229. The fourth-order valence-electron chi connectivity index (χ4n) is 2.06. The van der Waals surface area contributed by atoms with Crippen molar-refractivity contribution in [2.75, 3.05) is 13.2 Å². The second-order valence-electron chi connectivity index (χ2n) is 4.49. The van der Waals surface area contributed by atoms with Crippen LogP contribution in [0.4, 0.5) is 13.2 Å². The Hall–Kier alpha value is -1.55. The largest absolute Gasteiger partial charge is 0.416 e. The molecule has 0 aliphatic carbocycles. The van der Waals surface area contributed by atoms with Gasteiger partial charge in [-0.05, 0) is 30.2 Å². The first-order chi connectivity index (χ1) is 9.00. The van der Waals surface area contributed by atoms with Crippen LogP contribution in [0.1, 0.15) is 18.1 Å². The van der Waals surface area contributed by atoms with Crippen molar-refractivity contribution in [1.29, 1.82) is 0 Å². The van der Waals surface area contributed by atoms with Gasteiger partial charge in [0.2, 0.25) is 0 Å². The van der Waals surface area contributed by atoms with E-state index in [1.54, 1.807) is 0 Å². The highest BCUT2D eigenvalue weighted by atomic mass is 19.4. The van der Waals surface area contributed by atoms with Crippen LogP contribution < -0.4 is 0 Å². The lowest BCUT2D eigenvalue weighted by Crippen LogP contribution is -2.04. The number of hydrogen-bond donors (Lipinski definition) is 0. The Bertz CT molecular complexity index is 483. The zero-order chi connectivity index (χ0) is 13.9. The minimum Gasteiger partial charge on any atom is -0.376 e. The normalized spacial score (nSPS) is 22.5. The zero-order valence-corrected chi connectivity index (χ0v) is 10.6. The van der Waals surface area contributed by atoms with Crippen LogP contribution in [-0.4, -0.2) is 13.2 Å². The minimum atomic E-state index is -4.28. The molecule has 0 saturated carbocycles. The summed E-state index contributed by atoms with van der Waals surface area (Å²) >= 11 is 0. The monoisotopic (exact) mass is 268 g/mol. The summed E-state index contributed by atoms with van der Waals surface area (Å²) in [7, 11) is 0. The zero-order valence-electron chi connectivity index (χ0n) is 10.6. The molecule has 1 fully saturated rings. The molecule has 0 unspecified atom stereocenters. The first-order valence-corrected chi connectivity index (χ1v) is 6.09. The van der Waals surface area contributed by atoms with Crippen LogP contribution in [0.25, 0.3) is 6.08 Å². The fraction of sp³-hybridized carbons (Fsp3) is 0.333. The van der Waals surface area contributed by atoms with Crippen molar-refractivity contribution in [3.63, 3.8) is 0 Å². The van der Waals surface area contributed by atoms with E-state index in [4.69, 9.17) is 4.74 Å². The Morgan fingerprint density at radius 2 is 1.89 bits per heavy atom. The molecule has 1 aromatic rings. The van der Waals surface area contributed by atoms with E-state index in [-0.39, 0.29) is 5.92 Å². The van der Waals surface area contributed by atoms with E-state index in [2.05, 4.69) is 0 Å². The van der Waals surface area contributed by atoms with Crippen molar-refractivity contribution < 1.29 is 17.9 Å². The lowest BCUT2D eigenvalue weighted by Gasteiger charge is -2.07. The van der Waals surface area contributed by atoms with Crippen LogP contribution in [0.3, 0.4) is 0 Å². The van der Waals surface area contributed by atoms with E-state index in [1.165, 1.54) is 12.1 Å². The van der Waals surface area contributed by atoms with Gasteiger partial charge in [0.1, 0.15) is 0 Å².